The summed E-state index contributed by atoms with van der Waals surface area (Å²) in [5.41, 5.74) is 3.11. The van der Waals surface area contributed by atoms with Gasteiger partial charge in [0.15, 0.2) is 0 Å². The van der Waals surface area contributed by atoms with Crippen LogP contribution in [0.25, 0.3) is 0 Å². The molecule has 0 saturated heterocycles. The molecule has 94 valence electrons. The van der Waals surface area contributed by atoms with Crippen LogP contribution in [0.1, 0.15) is 56.2 Å². The van der Waals surface area contributed by atoms with Crippen molar-refractivity contribution in [1.29, 1.82) is 0 Å². The highest BCUT2D eigenvalue weighted by Crippen LogP contribution is 2.35. The maximum absolute atomic E-state index is 3.56. The molecule has 0 radical (unpaired) electrons. The fraction of sp³-hybridized carbons (Fsp3) is 0.625. The van der Waals surface area contributed by atoms with Crippen molar-refractivity contribution in [1.82, 2.24) is 5.32 Å². The molecule has 0 saturated carbocycles. The largest absolute Gasteiger partial charge is 0.313 e. The normalized spacial score (nSPS) is 24.1. The van der Waals surface area contributed by atoms with Gasteiger partial charge in [0.2, 0.25) is 0 Å². The van der Waals surface area contributed by atoms with E-state index < -0.39 is 0 Å². The van der Waals surface area contributed by atoms with Crippen molar-refractivity contribution in [3.63, 3.8) is 0 Å². The van der Waals surface area contributed by atoms with Gasteiger partial charge in [-0.2, -0.15) is 0 Å². The molecule has 1 aromatic carbocycles. The van der Waals surface area contributed by atoms with Gasteiger partial charge in [-0.3, -0.25) is 0 Å². The summed E-state index contributed by atoms with van der Waals surface area (Å²) in [6.07, 6.45) is 8.04. The molecule has 0 aromatic heterocycles. The Bertz CT molecular complexity index is 343. The van der Waals surface area contributed by atoms with Crippen LogP contribution < -0.4 is 5.32 Å². The number of rotatable bonds is 4. The molecular weight excluding hydrogens is 206 g/mol. The molecule has 1 aliphatic carbocycles. The van der Waals surface area contributed by atoms with Crippen LogP contribution in [-0.4, -0.2) is 7.05 Å². The van der Waals surface area contributed by atoms with Crippen molar-refractivity contribution in [2.75, 3.05) is 7.05 Å². The molecule has 1 heteroatoms. The third-order valence-electron chi connectivity index (χ3n) is 4.12. The van der Waals surface area contributed by atoms with Gasteiger partial charge in [-0.15, -0.1) is 0 Å². The van der Waals surface area contributed by atoms with Gasteiger partial charge in [-0.05, 0) is 49.8 Å². The second kappa shape index (κ2) is 6.20. The van der Waals surface area contributed by atoms with Crippen molar-refractivity contribution in [3.05, 3.63) is 35.4 Å². The molecule has 1 aliphatic rings. The van der Waals surface area contributed by atoms with E-state index in [1.807, 2.05) is 0 Å². The SMILES string of the molecule is CCCCC1CCCc2ccccc2C1NC. The minimum absolute atomic E-state index is 0.570. The lowest BCUT2D eigenvalue weighted by Gasteiger charge is -2.26. The van der Waals surface area contributed by atoms with Crippen molar-refractivity contribution >= 4 is 0 Å². The zero-order valence-electron chi connectivity index (χ0n) is 11.2. The van der Waals surface area contributed by atoms with E-state index in [1.165, 1.54) is 38.5 Å². The van der Waals surface area contributed by atoms with Gasteiger partial charge in [0.25, 0.3) is 0 Å². The van der Waals surface area contributed by atoms with Gasteiger partial charge in [-0.25, -0.2) is 0 Å². The van der Waals surface area contributed by atoms with E-state index in [9.17, 15) is 0 Å². The van der Waals surface area contributed by atoms with E-state index in [4.69, 9.17) is 0 Å². The summed E-state index contributed by atoms with van der Waals surface area (Å²) in [5.74, 6) is 0.823. The fourth-order valence-electron chi connectivity index (χ4n) is 3.21. The molecule has 2 atom stereocenters. The minimum Gasteiger partial charge on any atom is -0.313 e. The predicted molar refractivity (Wildman–Crippen MR) is 74.2 cm³/mol. The molecule has 0 aliphatic heterocycles. The number of nitrogens with one attached hydrogen (secondary N) is 1. The second-order valence-corrected chi connectivity index (χ2v) is 5.26. The first-order valence-electron chi connectivity index (χ1n) is 7.12. The Hall–Kier alpha value is -0.820. The monoisotopic (exact) mass is 231 g/mol. The number of hydrogen-bond donors (Lipinski definition) is 1. The Morgan fingerprint density at radius 3 is 2.88 bits per heavy atom. The molecule has 0 spiro atoms. The Kier molecular flexibility index (Phi) is 4.61. The highest BCUT2D eigenvalue weighted by molar-refractivity contribution is 5.31. The number of unbranched alkanes of at least 4 members (excludes halogenated alkanes) is 1. The van der Waals surface area contributed by atoms with Gasteiger partial charge < -0.3 is 5.32 Å². The Morgan fingerprint density at radius 1 is 1.29 bits per heavy atom. The fourth-order valence-corrected chi connectivity index (χ4v) is 3.21. The van der Waals surface area contributed by atoms with E-state index in [1.54, 1.807) is 11.1 Å². The Balaban J connectivity index is 2.21. The van der Waals surface area contributed by atoms with Crippen LogP contribution in [-0.2, 0) is 6.42 Å². The number of hydrogen-bond acceptors (Lipinski definition) is 1. The van der Waals surface area contributed by atoms with Crippen molar-refractivity contribution in [3.8, 4) is 0 Å². The van der Waals surface area contributed by atoms with E-state index in [-0.39, 0.29) is 0 Å². The van der Waals surface area contributed by atoms with Crippen LogP contribution in [0.4, 0.5) is 0 Å². The van der Waals surface area contributed by atoms with Gasteiger partial charge in [0.05, 0.1) is 0 Å². The average Bonchev–Trinajstić information content (AvgIpc) is 2.54. The Labute approximate surface area is 106 Å². The summed E-state index contributed by atoms with van der Waals surface area (Å²) in [6.45, 7) is 2.29. The summed E-state index contributed by atoms with van der Waals surface area (Å²) in [7, 11) is 2.12. The first-order chi connectivity index (χ1) is 8.36. The van der Waals surface area contributed by atoms with Crippen molar-refractivity contribution in [2.24, 2.45) is 5.92 Å². The number of aryl methyl sites for hydroxylation is 1. The third-order valence-corrected chi connectivity index (χ3v) is 4.12. The first-order valence-corrected chi connectivity index (χ1v) is 7.12. The summed E-state index contributed by atoms with van der Waals surface area (Å²) in [6, 6.07) is 9.56. The van der Waals surface area contributed by atoms with Gasteiger partial charge >= 0.3 is 0 Å². The highest BCUT2D eigenvalue weighted by Gasteiger charge is 2.25. The van der Waals surface area contributed by atoms with Crippen molar-refractivity contribution in [2.45, 2.75) is 51.5 Å². The standard InChI is InChI=1S/C16H25N/c1-3-4-8-14-11-7-10-13-9-5-6-12-15(13)16(14)17-2/h5-6,9,12,14,16-17H,3-4,7-8,10-11H2,1-2H3. The van der Waals surface area contributed by atoms with E-state index in [0.717, 1.165) is 5.92 Å². The molecule has 1 aromatic rings. The van der Waals surface area contributed by atoms with Crippen LogP contribution in [0.3, 0.4) is 0 Å². The zero-order valence-corrected chi connectivity index (χ0v) is 11.2. The number of benzene rings is 1. The molecule has 2 unspecified atom stereocenters. The lowest BCUT2D eigenvalue weighted by molar-refractivity contribution is 0.331. The van der Waals surface area contributed by atoms with E-state index in [0.29, 0.717) is 6.04 Å². The lowest BCUT2D eigenvalue weighted by Crippen LogP contribution is -2.25. The van der Waals surface area contributed by atoms with Crippen molar-refractivity contribution < 1.29 is 0 Å². The van der Waals surface area contributed by atoms with Crippen LogP contribution in [0.15, 0.2) is 24.3 Å². The van der Waals surface area contributed by atoms with Crippen LogP contribution >= 0.6 is 0 Å². The third kappa shape index (κ3) is 2.90. The highest BCUT2D eigenvalue weighted by atomic mass is 14.9. The quantitative estimate of drug-likeness (QED) is 0.770. The number of fused-ring (bicyclic) bond motifs is 1. The van der Waals surface area contributed by atoms with Crippen LogP contribution in [0.5, 0.6) is 0 Å². The Morgan fingerprint density at radius 2 is 2.12 bits per heavy atom. The molecule has 1 nitrogen and oxygen atoms in total. The van der Waals surface area contributed by atoms with Gasteiger partial charge in [0.1, 0.15) is 0 Å². The molecular formula is C16H25N. The van der Waals surface area contributed by atoms with Gasteiger partial charge in [-0.1, -0.05) is 44.0 Å². The molecule has 2 rings (SSSR count). The molecule has 1 N–H and O–H groups in total. The molecule has 0 bridgehead atoms. The van der Waals surface area contributed by atoms with Crippen LogP contribution in [0, 0.1) is 5.92 Å². The molecule has 17 heavy (non-hydrogen) atoms. The lowest BCUT2D eigenvalue weighted by atomic mass is 9.87. The van der Waals surface area contributed by atoms with Gasteiger partial charge in [0, 0.05) is 6.04 Å². The zero-order chi connectivity index (χ0) is 12.1. The molecule has 0 amide bonds. The maximum atomic E-state index is 3.56. The van der Waals surface area contributed by atoms with E-state index in [2.05, 4.69) is 43.6 Å². The smallest absolute Gasteiger partial charge is 0.0348 e. The summed E-state index contributed by atoms with van der Waals surface area (Å²) >= 11 is 0. The summed E-state index contributed by atoms with van der Waals surface area (Å²) < 4.78 is 0. The first kappa shape index (κ1) is 12.6. The summed E-state index contributed by atoms with van der Waals surface area (Å²) in [5, 5.41) is 3.56. The summed E-state index contributed by atoms with van der Waals surface area (Å²) in [4.78, 5) is 0. The van der Waals surface area contributed by atoms with E-state index >= 15 is 0 Å². The molecule has 0 heterocycles. The maximum Gasteiger partial charge on any atom is 0.0348 e. The predicted octanol–water partition coefficient (Wildman–Crippen LogP) is 4.09. The minimum atomic E-state index is 0.570. The van der Waals surface area contributed by atoms with Crippen LogP contribution in [0.2, 0.25) is 0 Å². The second-order valence-electron chi connectivity index (χ2n) is 5.26. The molecule has 0 fully saturated rings. The average molecular weight is 231 g/mol. The topological polar surface area (TPSA) is 12.0 Å².